The Morgan fingerprint density at radius 1 is 1.22 bits per heavy atom. The van der Waals surface area contributed by atoms with E-state index < -0.39 is 0 Å². The fourth-order valence-corrected chi connectivity index (χ4v) is 3.60. The summed E-state index contributed by atoms with van der Waals surface area (Å²) >= 11 is 1.61. The van der Waals surface area contributed by atoms with Crippen LogP contribution in [0.5, 0.6) is 0 Å². The Hall–Kier alpha value is -0.680. The van der Waals surface area contributed by atoms with E-state index >= 15 is 0 Å². The number of anilines is 1. The summed E-state index contributed by atoms with van der Waals surface area (Å²) in [6, 6.07) is 1.41. The van der Waals surface area contributed by atoms with Gasteiger partial charge < -0.3 is 10.2 Å². The first-order chi connectivity index (χ1) is 8.90. The first-order valence-corrected chi connectivity index (χ1v) is 8.01. The summed E-state index contributed by atoms with van der Waals surface area (Å²) < 4.78 is 4.55. The van der Waals surface area contributed by atoms with Crippen molar-refractivity contribution >= 4 is 16.7 Å². The van der Waals surface area contributed by atoms with Crippen molar-refractivity contribution in [1.82, 2.24) is 14.7 Å². The lowest BCUT2D eigenvalue weighted by molar-refractivity contribution is 0.577. The molecule has 1 saturated heterocycles. The van der Waals surface area contributed by atoms with E-state index in [-0.39, 0.29) is 0 Å². The van der Waals surface area contributed by atoms with Crippen molar-refractivity contribution in [3.05, 3.63) is 5.82 Å². The van der Waals surface area contributed by atoms with Crippen molar-refractivity contribution in [3.8, 4) is 0 Å². The van der Waals surface area contributed by atoms with Crippen LogP contribution in [-0.2, 0) is 0 Å². The molecule has 98 valence electrons. The number of aromatic nitrogens is 2. The van der Waals surface area contributed by atoms with E-state index in [0.29, 0.717) is 12.0 Å². The Bertz CT molecular complexity index is 418. The van der Waals surface area contributed by atoms with Gasteiger partial charge in [0.15, 0.2) is 0 Å². The summed E-state index contributed by atoms with van der Waals surface area (Å²) in [5.41, 5.74) is 0. The molecular weight excluding hydrogens is 244 g/mol. The van der Waals surface area contributed by atoms with E-state index in [1.807, 2.05) is 0 Å². The second-order valence-electron chi connectivity index (χ2n) is 5.89. The van der Waals surface area contributed by atoms with E-state index in [1.54, 1.807) is 11.5 Å². The fraction of sp³-hybridized carbons (Fsp3) is 0.846. The van der Waals surface area contributed by atoms with E-state index in [9.17, 15) is 0 Å². The van der Waals surface area contributed by atoms with Gasteiger partial charge in [-0.15, -0.1) is 0 Å². The van der Waals surface area contributed by atoms with Gasteiger partial charge in [-0.2, -0.15) is 4.37 Å². The zero-order valence-corrected chi connectivity index (χ0v) is 11.5. The fourth-order valence-electron chi connectivity index (χ4n) is 2.77. The molecule has 1 aromatic heterocycles. The molecule has 0 radical (unpaired) electrons. The van der Waals surface area contributed by atoms with Crippen LogP contribution >= 0.6 is 11.5 Å². The predicted octanol–water partition coefficient (Wildman–Crippen LogP) is 2.14. The zero-order chi connectivity index (χ0) is 11.9. The molecule has 1 aromatic rings. The Labute approximate surface area is 112 Å². The van der Waals surface area contributed by atoms with Gasteiger partial charge in [0.05, 0.1) is 0 Å². The minimum Gasteiger partial charge on any atom is -0.342 e. The van der Waals surface area contributed by atoms with Crippen molar-refractivity contribution in [2.75, 3.05) is 18.0 Å². The average Bonchev–Trinajstić information content (AvgIpc) is 3.30. The van der Waals surface area contributed by atoms with Crippen molar-refractivity contribution in [1.29, 1.82) is 0 Å². The molecule has 1 unspecified atom stereocenters. The SMILES string of the molecule is C1CNC(CN(c2nc(C3CC3)ns2)C2CC2)C1. The van der Waals surface area contributed by atoms with Gasteiger partial charge in [0, 0.05) is 36.1 Å². The molecule has 3 fully saturated rings. The Morgan fingerprint density at radius 2 is 2.11 bits per heavy atom. The highest BCUT2D eigenvalue weighted by Crippen LogP contribution is 2.41. The zero-order valence-electron chi connectivity index (χ0n) is 10.6. The smallest absolute Gasteiger partial charge is 0.205 e. The van der Waals surface area contributed by atoms with Crippen molar-refractivity contribution in [3.63, 3.8) is 0 Å². The maximum atomic E-state index is 4.78. The van der Waals surface area contributed by atoms with Crippen LogP contribution in [0.4, 0.5) is 5.13 Å². The number of rotatable bonds is 5. The van der Waals surface area contributed by atoms with E-state index in [2.05, 4.69) is 14.6 Å². The third kappa shape index (κ3) is 2.26. The average molecular weight is 264 g/mol. The molecule has 2 saturated carbocycles. The maximum absolute atomic E-state index is 4.78. The van der Waals surface area contributed by atoms with Crippen LogP contribution < -0.4 is 10.2 Å². The standard InChI is InChI=1S/C13H20N4S/c1-2-10(14-7-1)8-17(11-5-6-11)13-15-12(16-18-13)9-3-4-9/h9-11,14H,1-8H2. The summed E-state index contributed by atoms with van der Waals surface area (Å²) in [5, 5.41) is 4.77. The number of nitrogens with zero attached hydrogens (tertiary/aromatic N) is 3. The number of hydrogen-bond acceptors (Lipinski definition) is 5. The Balaban J connectivity index is 1.49. The van der Waals surface area contributed by atoms with Crippen LogP contribution in [0.15, 0.2) is 0 Å². The van der Waals surface area contributed by atoms with Crippen molar-refractivity contribution in [2.45, 2.75) is 56.5 Å². The second kappa shape index (κ2) is 4.46. The van der Waals surface area contributed by atoms with Crippen molar-refractivity contribution < 1.29 is 0 Å². The molecule has 1 N–H and O–H groups in total. The summed E-state index contributed by atoms with van der Waals surface area (Å²) in [4.78, 5) is 7.30. The van der Waals surface area contributed by atoms with Gasteiger partial charge in [0.25, 0.3) is 0 Å². The lowest BCUT2D eigenvalue weighted by atomic mass is 10.2. The van der Waals surface area contributed by atoms with Crippen LogP contribution in [0.2, 0.25) is 0 Å². The number of nitrogens with one attached hydrogen (secondary N) is 1. The normalized spacial score (nSPS) is 27.7. The highest BCUT2D eigenvalue weighted by molar-refractivity contribution is 7.09. The van der Waals surface area contributed by atoms with E-state index in [1.165, 1.54) is 50.2 Å². The summed E-state index contributed by atoms with van der Waals surface area (Å²) in [5.74, 6) is 1.79. The van der Waals surface area contributed by atoms with Gasteiger partial charge in [-0.05, 0) is 45.1 Å². The van der Waals surface area contributed by atoms with Gasteiger partial charge in [-0.25, -0.2) is 4.98 Å². The third-order valence-corrected chi connectivity index (χ3v) is 4.95. The lowest BCUT2D eigenvalue weighted by Crippen LogP contribution is -2.38. The van der Waals surface area contributed by atoms with Crippen LogP contribution in [0, 0.1) is 0 Å². The van der Waals surface area contributed by atoms with E-state index in [4.69, 9.17) is 4.98 Å². The minimum absolute atomic E-state index is 0.666. The molecule has 1 atom stereocenters. The Kier molecular flexibility index (Phi) is 2.77. The topological polar surface area (TPSA) is 41.0 Å². The summed E-state index contributed by atoms with van der Waals surface area (Å²) in [7, 11) is 0. The highest BCUT2D eigenvalue weighted by Gasteiger charge is 2.35. The molecule has 18 heavy (non-hydrogen) atoms. The summed E-state index contributed by atoms with van der Waals surface area (Å²) in [6.07, 6.45) is 7.91. The quantitative estimate of drug-likeness (QED) is 0.884. The van der Waals surface area contributed by atoms with E-state index in [0.717, 1.165) is 18.4 Å². The molecule has 0 amide bonds. The molecule has 5 heteroatoms. The second-order valence-corrected chi connectivity index (χ2v) is 6.62. The van der Waals surface area contributed by atoms with Gasteiger partial charge in [-0.3, -0.25) is 0 Å². The Morgan fingerprint density at radius 3 is 2.78 bits per heavy atom. The largest absolute Gasteiger partial charge is 0.342 e. The molecule has 0 aromatic carbocycles. The molecule has 4 rings (SSSR count). The first kappa shape index (κ1) is 11.2. The van der Waals surface area contributed by atoms with Crippen LogP contribution in [0.3, 0.4) is 0 Å². The van der Waals surface area contributed by atoms with Gasteiger partial charge in [0.1, 0.15) is 5.82 Å². The molecule has 2 aliphatic carbocycles. The molecule has 1 aliphatic heterocycles. The van der Waals surface area contributed by atoms with Crippen LogP contribution in [-0.4, -0.2) is 34.5 Å². The van der Waals surface area contributed by atoms with Gasteiger partial charge in [-0.1, -0.05) is 0 Å². The van der Waals surface area contributed by atoms with Crippen molar-refractivity contribution in [2.24, 2.45) is 0 Å². The molecule has 4 nitrogen and oxygen atoms in total. The van der Waals surface area contributed by atoms with Crippen LogP contribution in [0.1, 0.15) is 50.3 Å². The predicted molar refractivity (Wildman–Crippen MR) is 73.3 cm³/mol. The minimum atomic E-state index is 0.666. The molecule has 3 aliphatic rings. The monoisotopic (exact) mass is 264 g/mol. The van der Waals surface area contributed by atoms with Gasteiger partial charge in [0.2, 0.25) is 5.13 Å². The molecular formula is C13H20N4S. The third-order valence-electron chi connectivity index (χ3n) is 4.19. The maximum Gasteiger partial charge on any atom is 0.205 e. The summed E-state index contributed by atoms with van der Waals surface area (Å²) in [6.45, 7) is 2.32. The molecule has 2 heterocycles. The molecule has 0 bridgehead atoms. The van der Waals surface area contributed by atoms with Gasteiger partial charge >= 0.3 is 0 Å². The number of hydrogen-bond donors (Lipinski definition) is 1. The lowest BCUT2D eigenvalue weighted by Gasteiger charge is -2.24. The van der Waals surface area contributed by atoms with Crippen LogP contribution in [0.25, 0.3) is 0 Å². The molecule has 0 spiro atoms. The highest BCUT2D eigenvalue weighted by atomic mass is 32.1. The first-order valence-electron chi connectivity index (χ1n) is 7.24.